The largest absolute Gasteiger partial charge is 0.507 e. The van der Waals surface area contributed by atoms with Gasteiger partial charge in [0.1, 0.15) is 5.75 Å². The third-order valence-electron chi connectivity index (χ3n) is 5.33. The van der Waals surface area contributed by atoms with Crippen LogP contribution in [0.25, 0.3) is 23.1 Å². The molecule has 0 spiro atoms. The van der Waals surface area contributed by atoms with E-state index >= 15 is 0 Å². The van der Waals surface area contributed by atoms with Crippen molar-refractivity contribution >= 4 is 28.7 Å². The van der Waals surface area contributed by atoms with E-state index in [9.17, 15) is 15.2 Å². The lowest BCUT2D eigenvalue weighted by Gasteiger charge is -2.12. The Bertz CT molecular complexity index is 1270. The molecular weight excluding hydrogens is 376 g/mol. The number of hydrogen-bond acceptors (Lipinski definition) is 3. The van der Waals surface area contributed by atoms with Gasteiger partial charge in [0.15, 0.2) is 0 Å². The van der Waals surface area contributed by atoms with Crippen LogP contribution < -0.4 is 0 Å². The van der Waals surface area contributed by atoms with Gasteiger partial charge in [-0.25, -0.2) is 0 Å². The van der Waals surface area contributed by atoms with Crippen molar-refractivity contribution in [2.24, 2.45) is 0 Å². The monoisotopic (exact) mass is 398 g/mol. The summed E-state index contributed by atoms with van der Waals surface area (Å²) in [5.41, 5.74) is 5.73. The minimum absolute atomic E-state index is 0.120. The molecule has 4 rings (SSSR count). The fourth-order valence-electron chi connectivity index (χ4n) is 3.80. The van der Waals surface area contributed by atoms with Crippen LogP contribution in [-0.4, -0.2) is 14.6 Å². The molecule has 5 heteroatoms. The second-order valence-corrected chi connectivity index (χ2v) is 7.43. The quantitative estimate of drug-likeness (QED) is 0.251. The molecule has 3 aromatic carbocycles. The van der Waals surface area contributed by atoms with Crippen molar-refractivity contribution in [2.45, 2.75) is 20.4 Å². The van der Waals surface area contributed by atoms with E-state index in [-0.39, 0.29) is 16.4 Å². The number of nitro groups is 1. The number of aromatic nitrogens is 1. The van der Waals surface area contributed by atoms with E-state index in [0.717, 1.165) is 33.5 Å². The number of non-ortho nitro benzene ring substituents is 1. The Morgan fingerprint density at radius 3 is 2.50 bits per heavy atom. The molecule has 0 aliphatic carbocycles. The van der Waals surface area contributed by atoms with Crippen molar-refractivity contribution in [1.29, 1.82) is 0 Å². The molecular formula is C25H22N2O3. The highest BCUT2D eigenvalue weighted by Crippen LogP contribution is 2.32. The predicted molar refractivity (Wildman–Crippen MR) is 121 cm³/mol. The second-order valence-electron chi connectivity index (χ2n) is 7.43. The maximum absolute atomic E-state index is 11.4. The van der Waals surface area contributed by atoms with E-state index in [0.29, 0.717) is 11.9 Å². The molecule has 0 unspecified atom stereocenters. The van der Waals surface area contributed by atoms with Crippen molar-refractivity contribution in [2.75, 3.05) is 0 Å². The van der Waals surface area contributed by atoms with Gasteiger partial charge in [-0.1, -0.05) is 54.6 Å². The summed E-state index contributed by atoms with van der Waals surface area (Å²) in [6.07, 6.45) is 3.85. The lowest BCUT2D eigenvalue weighted by atomic mass is 10.1. The van der Waals surface area contributed by atoms with E-state index in [1.807, 2.05) is 74.5 Å². The van der Waals surface area contributed by atoms with Crippen LogP contribution in [0.15, 0.2) is 66.7 Å². The summed E-state index contributed by atoms with van der Waals surface area (Å²) in [6.45, 7) is 4.48. The first kappa shape index (κ1) is 19.5. The zero-order valence-corrected chi connectivity index (χ0v) is 16.9. The Labute approximate surface area is 174 Å². The Balaban J connectivity index is 1.73. The van der Waals surface area contributed by atoms with E-state index < -0.39 is 0 Å². The van der Waals surface area contributed by atoms with Crippen LogP contribution in [0.2, 0.25) is 0 Å². The van der Waals surface area contributed by atoms with Crippen LogP contribution in [0.4, 0.5) is 5.69 Å². The number of benzene rings is 3. The lowest BCUT2D eigenvalue weighted by molar-refractivity contribution is -0.383. The highest BCUT2D eigenvalue weighted by Gasteiger charge is 2.18. The molecule has 0 atom stereocenters. The highest BCUT2D eigenvalue weighted by molar-refractivity contribution is 5.92. The van der Waals surface area contributed by atoms with Gasteiger partial charge in [0, 0.05) is 23.9 Å². The molecule has 0 saturated heterocycles. The lowest BCUT2D eigenvalue weighted by Crippen LogP contribution is -2.03. The van der Waals surface area contributed by atoms with Gasteiger partial charge in [-0.15, -0.1) is 0 Å². The molecule has 0 aliphatic rings. The van der Waals surface area contributed by atoms with Crippen molar-refractivity contribution in [3.05, 3.63) is 105 Å². The van der Waals surface area contributed by atoms with E-state index in [1.54, 1.807) is 18.2 Å². The minimum atomic E-state index is -0.335. The van der Waals surface area contributed by atoms with E-state index in [2.05, 4.69) is 4.57 Å². The normalized spacial score (nSPS) is 11.4. The fraction of sp³-hybridized carbons (Fsp3) is 0.120. The predicted octanol–water partition coefficient (Wildman–Crippen LogP) is 6.09. The third kappa shape index (κ3) is 3.70. The zero-order valence-electron chi connectivity index (χ0n) is 16.9. The number of phenolic OH excluding ortho intramolecular Hbond substituents is 1. The smallest absolute Gasteiger partial charge is 0.278 e. The van der Waals surface area contributed by atoms with E-state index in [1.165, 1.54) is 0 Å². The standard InChI is InChI=1S/C25H22N2O3/c1-17-8-12-23(27(29)30)22-14-18(2)26(25(17)22)16-20-10-13-24(28)21(15-20)11-9-19-6-4-3-5-7-19/h3-15,28H,16H2,1-2H3/b11-9+. The van der Waals surface area contributed by atoms with Gasteiger partial charge < -0.3 is 9.67 Å². The number of aryl methyl sites for hydroxylation is 2. The minimum Gasteiger partial charge on any atom is -0.507 e. The molecule has 150 valence electrons. The van der Waals surface area contributed by atoms with Gasteiger partial charge in [0.2, 0.25) is 0 Å². The van der Waals surface area contributed by atoms with Crippen LogP contribution in [0.3, 0.4) is 0 Å². The highest BCUT2D eigenvalue weighted by atomic mass is 16.6. The molecule has 1 N–H and O–H groups in total. The number of hydrogen-bond donors (Lipinski definition) is 1. The average Bonchev–Trinajstić information content (AvgIpc) is 3.05. The van der Waals surface area contributed by atoms with E-state index in [4.69, 9.17) is 0 Å². The first-order valence-corrected chi connectivity index (χ1v) is 9.73. The molecule has 5 nitrogen and oxygen atoms in total. The topological polar surface area (TPSA) is 68.3 Å². The average molecular weight is 398 g/mol. The fourth-order valence-corrected chi connectivity index (χ4v) is 3.80. The number of fused-ring (bicyclic) bond motifs is 1. The molecule has 0 radical (unpaired) electrons. The SMILES string of the molecule is Cc1ccc([N+](=O)[O-])c2cc(C)n(Cc3ccc(O)c(/C=C/c4ccccc4)c3)c12. The third-order valence-corrected chi connectivity index (χ3v) is 5.33. The Morgan fingerprint density at radius 2 is 1.77 bits per heavy atom. The number of phenols is 1. The second kappa shape index (κ2) is 7.87. The van der Waals surface area contributed by atoms with Gasteiger partial charge in [-0.3, -0.25) is 10.1 Å². The summed E-state index contributed by atoms with van der Waals surface area (Å²) in [6, 6.07) is 20.7. The molecule has 0 saturated carbocycles. The van der Waals surface area contributed by atoms with Crippen molar-refractivity contribution in [3.63, 3.8) is 0 Å². The summed E-state index contributed by atoms with van der Waals surface area (Å²) < 4.78 is 2.09. The zero-order chi connectivity index (χ0) is 21.3. The summed E-state index contributed by atoms with van der Waals surface area (Å²) >= 11 is 0. The summed E-state index contributed by atoms with van der Waals surface area (Å²) in [5, 5.41) is 22.4. The number of nitrogens with zero attached hydrogens (tertiary/aromatic N) is 2. The first-order chi connectivity index (χ1) is 14.4. The first-order valence-electron chi connectivity index (χ1n) is 9.73. The number of rotatable bonds is 5. The molecule has 30 heavy (non-hydrogen) atoms. The maximum atomic E-state index is 11.4. The number of nitro benzene ring substituents is 1. The summed E-state index contributed by atoms with van der Waals surface area (Å²) in [7, 11) is 0. The summed E-state index contributed by atoms with van der Waals surface area (Å²) in [4.78, 5) is 11.1. The van der Waals surface area contributed by atoms with Crippen LogP contribution in [0, 0.1) is 24.0 Å². The van der Waals surface area contributed by atoms with Crippen LogP contribution >= 0.6 is 0 Å². The molecule has 0 fully saturated rings. The molecule has 0 aliphatic heterocycles. The Morgan fingerprint density at radius 1 is 1.00 bits per heavy atom. The van der Waals surface area contributed by atoms with Crippen molar-refractivity contribution < 1.29 is 10.0 Å². The molecule has 1 aromatic heterocycles. The molecule has 0 amide bonds. The molecule has 0 bridgehead atoms. The van der Waals surface area contributed by atoms with Crippen molar-refractivity contribution in [3.8, 4) is 5.75 Å². The van der Waals surface area contributed by atoms with Crippen LogP contribution in [0.1, 0.15) is 27.9 Å². The molecule has 1 heterocycles. The van der Waals surface area contributed by atoms with Crippen molar-refractivity contribution in [1.82, 2.24) is 4.57 Å². The molecule has 4 aromatic rings. The van der Waals surface area contributed by atoms with Gasteiger partial charge >= 0.3 is 0 Å². The van der Waals surface area contributed by atoms with Gasteiger partial charge in [-0.05, 0) is 48.7 Å². The van der Waals surface area contributed by atoms with Crippen LogP contribution in [0.5, 0.6) is 5.75 Å². The summed E-state index contributed by atoms with van der Waals surface area (Å²) in [5.74, 6) is 0.215. The van der Waals surface area contributed by atoms with Gasteiger partial charge in [-0.2, -0.15) is 0 Å². The maximum Gasteiger partial charge on any atom is 0.278 e. The van der Waals surface area contributed by atoms with Gasteiger partial charge in [0.25, 0.3) is 5.69 Å². The van der Waals surface area contributed by atoms with Crippen LogP contribution in [-0.2, 0) is 6.54 Å². The number of aromatic hydroxyl groups is 1. The van der Waals surface area contributed by atoms with Gasteiger partial charge in [0.05, 0.1) is 15.8 Å². The Kier molecular flexibility index (Phi) is 5.11. The Hall–Kier alpha value is -3.86.